The highest BCUT2D eigenvalue weighted by molar-refractivity contribution is 9.10. The zero-order valence-corrected chi connectivity index (χ0v) is 22.2. The number of hydrogen-bond acceptors (Lipinski definition) is 5. The van der Waals surface area contributed by atoms with E-state index in [2.05, 4.69) is 32.6 Å². The highest BCUT2D eigenvalue weighted by Gasteiger charge is 2.11. The van der Waals surface area contributed by atoms with Crippen LogP contribution in [0.3, 0.4) is 0 Å². The van der Waals surface area contributed by atoms with Gasteiger partial charge in [0.2, 0.25) is 5.91 Å². The SMILES string of the molecule is Cc1cc(C)cc(Oc2ccc(NC(=O)CCCC(=O)OCC(=O)Nc3ccc(Br)cc3Cl)cc2)c1. The van der Waals surface area contributed by atoms with E-state index in [0.717, 1.165) is 21.3 Å². The van der Waals surface area contributed by atoms with Crippen LogP contribution in [0.4, 0.5) is 11.4 Å². The van der Waals surface area contributed by atoms with Crippen LogP contribution in [-0.4, -0.2) is 24.4 Å². The summed E-state index contributed by atoms with van der Waals surface area (Å²) in [4.78, 5) is 36.1. The van der Waals surface area contributed by atoms with E-state index in [9.17, 15) is 14.4 Å². The van der Waals surface area contributed by atoms with Crippen LogP contribution >= 0.6 is 27.5 Å². The Morgan fingerprint density at radius 1 is 0.833 bits per heavy atom. The fourth-order valence-electron chi connectivity index (χ4n) is 3.35. The van der Waals surface area contributed by atoms with Gasteiger partial charge in [0.1, 0.15) is 11.5 Å². The average Bonchev–Trinajstić information content (AvgIpc) is 2.80. The molecule has 0 aliphatic heterocycles. The number of amides is 2. The van der Waals surface area contributed by atoms with Crippen LogP contribution in [0.25, 0.3) is 0 Å². The van der Waals surface area contributed by atoms with E-state index in [0.29, 0.717) is 28.6 Å². The van der Waals surface area contributed by atoms with Crippen LogP contribution in [0, 0.1) is 13.8 Å². The summed E-state index contributed by atoms with van der Waals surface area (Å²) in [6.07, 6.45) is 0.442. The molecule has 0 spiro atoms. The molecule has 188 valence electrons. The molecular formula is C27H26BrClN2O5. The van der Waals surface area contributed by atoms with Gasteiger partial charge in [0.25, 0.3) is 5.91 Å². The van der Waals surface area contributed by atoms with Crippen molar-refractivity contribution >= 4 is 56.7 Å². The highest BCUT2D eigenvalue weighted by atomic mass is 79.9. The number of hydrogen-bond donors (Lipinski definition) is 2. The van der Waals surface area contributed by atoms with Gasteiger partial charge in [-0.15, -0.1) is 0 Å². The Kier molecular flexibility index (Phi) is 9.90. The fraction of sp³-hybridized carbons (Fsp3) is 0.222. The summed E-state index contributed by atoms with van der Waals surface area (Å²) in [5.74, 6) is 0.120. The topological polar surface area (TPSA) is 93.7 Å². The molecular weight excluding hydrogens is 548 g/mol. The van der Waals surface area contributed by atoms with Crippen molar-refractivity contribution in [1.29, 1.82) is 0 Å². The molecule has 0 aromatic heterocycles. The summed E-state index contributed by atoms with van der Waals surface area (Å²) >= 11 is 9.33. The van der Waals surface area contributed by atoms with Crippen LogP contribution in [0.15, 0.2) is 65.1 Å². The Morgan fingerprint density at radius 2 is 1.53 bits per heavy atom. The first-order valence-electron chi connectivity index (χ1n) is 11.2. The fourth-order valence-corrected chi connectivity index (χ4v) is 4.07. The number of aryl methyl sites for hydroxylation is 2. The Bertz CT molecular complexity index is 1230. The van der Waals surface area contributed by atoms with Crippen LogP contribution in [-0.2, 0) is 19.1 Å². The average molecular weight is 574 g/mol. The molecule has 7 nitrogen and oxygen atoms in total. The number of carbonyl (C=O) groups excluding carboxylic acids is 3. The van der Waals surface area contributed by atoms with E-state index in [4.69, 9.17) is 21.1 Å². The van der Waals surface area contributed by atoms with Gasteiger partial charge in [0.05, 0.1) is 10.7 Å². The molecule has 36 heavy (non-hydrogen) atoms. The van der Waals surface area contributed by atoms with Gasteiger partial charge in [-0.25, -0.2) is 0 Å². The minimum Gasteiger partial charge on any atom is -0.457 e. The molecule has 0 fully saturated rings. The number of rotatable bonds is 10. The van der Waals surface area contributed by atoms with Gasteiger partial charge < -0.3 is 20.1 Å². The highest BCUT2D eigenvalue weighted by Crippen LogP contribution is 2.26. The van der Waals surface area contributed by atoms with Gasteiger partial charge in [-0.1, -0.05) is 33.6 Å². The number of carbonyl (C=O) groups is 3. The zero-order valence-electron chi connectivity index (χ0n) is 19.9. The van der Waals surface area contributed by atoms with E-state index in [1.54, 1.807) is 42.5 Å². The van der Waals surface area contributed by atoms with E-state index in [1.807, 2.05) is 26.0 Å². The van der Waals surface area contributed by atoms with Gasteiger partial charge in [-0.2, -0.15) is 0 Å². The van der Waals surface area contributed by atoms with Gasteiger partial charge in [-0.3, -0.25) is 14.4 Å². The predicted octanol–water partition coefficient (Wildman–Crippen LogP) is 6.80. The molecule has 0 unspecified atom stereocenters. The minimum atomic E-state index is -0.562. The quantitative estimate of drug-likeness (QED) is 0.260. The van der Waals surface area contributed by atoms with Gasteiger partial charge >= 0.3 is 5.97 Å². The third-order valence-electron chi connectivity index (χ3n) is 4.92. The third kappa shape index (κ3) is 9.02. The predicted molar refractivity (Wildman–Crippen MR) is 144 cm³/mol. The second-order valence-electron chi connectivity index (χ2n) is 8.18. The van der Waals surface area contributed by atoms with Crippen molar-refractivity contribution in [2.45, 2.75) is 33.1 Å². The van der Waals surface area contributed by atoms with E-state index in [-0.39, 0.29) is 18.7 Å². The number of ether oxygens (including phenoxy) is 2. The molecule has 0 bridgehead atoms. The monoisotopic (exact) mass is 572 g/mol. The lowest BCUT2D eigenvalue weighted by Gasteiger charge is -2.10. The summed E-state index contributed by atoms with van der Waals surface area (Å²) in [5, 5.41) is 5.72. The smallest absolute Gasteiger partial charge is 0.306 e. The van der Waals surface area contributed by atoms with Gasteiger partial charge in [0, 0.05) is 23.0 Å². The van der Waals surface area contributed by atoms with Crippen molar-refractivity contribution in [3.8, 4) is 11.5 Å². The third-order valence-corrected chi connectivity index (χ3v) is 5.73. The maximum Gasteiger partial charge on any atom is 0.306 e. The molecule has 2 N–H and O–H groups in total. The normalized spacial score (nSPS) is 10.4. The van der Waals surface area contributed by atoms with Crippen molar-refractivity contribution in [2.24, 2.45) is 0 Å². The number of benzene rings is 3. The number of esters is 1. The molecule has 0 saturated carbocycles. The van der Waals surface area contributed by atoms with Crippen LogP contribution in [0.1, 0.15) is 30.4 Å². The Morgan fingerprint density at radius 3 is 2.19 bits per heavy atom. The summed E-state index contributed by atoms with van der Waals surface area (Å²) in [6, 6.07) is 18.0. The van der Waals surface area contributed by atoms with Crippen molar-refractivity contribution < 1.29 is 23.9 Å². The second kappa shape index (κ2) is 13.1. The standard InChI is InChI=1S/C27H26BrClN2O5/c1-17-12-18(2)14-22(13-17)36-21-9-7-20(8-10-21)30-25(32)4-3-5-27(34)35-16-26(33)31-24-11-6-19(28)15-23(24)29/h6-15H,3-5,16H2,1-2H3,(H,30,32)(H,31,33). The lowest BCUT2D eigenvalue weighted by Crippen LogP contribution is -2.21. The molecule has 3 rings (SSSR count). The molecule has 0 saturated heterocycles. The molecule has 0 heterocycles. The lowest BCUT2D eigenvalue weighted by atomic mass is 10.1. The molecule has 0 atom stereocenters. The molecule has 2 amide bonds. The largest absolute Gasteiger partial charge is 0.457 e. The van der Waals surface area contributed by atoms with Crippen LogP contribution in [0.2, 0.25) is 5.02 Å². The van der Waals surface area contributed by atoms with Gasteiger partial charge in [0.15, 0.2) is 6.61 Å². The molecule has 9 heteroatoms. The maximum absolute atomic E-state index is 12.2. The van der Waals surface area contributed by atoms with Crippen molar-refractivity contribution in [2.75, 3.05) is 17.2 Å². The lowest BCUT2D eigenvalue weighted by molar-refractivity contribution is -0.147. The Hall–Kier alpha value is -3.36. The van der Waals surface area contributed by atoms with E-state index >= 15 is 0 Å². The Labute approximate surface area is 223 Å². The summed E-state index contributed by atoms with van der Waals surface area (Å²) in [7, 11) is 0. The second-order valence-corrected chi connectivity index (χ2v) is 9.51. The van der Waals surface area contributed by atoms with Crippen molar-refractivity contribution in [3.05, 3.63) is 81.3 Å². The van der Waals surface area contributed by atoms with E-state index < -0.39 is 18.5 Å². The van der Waals surface area contributed by atoms with Crippen LogP contribution in [0.5, 0.6) is 11.5 Å². The molecule has 3 aromatic rings. The number of halogens is 2. The summed E-state index contributed by atoms with van der Waals surface area (Å²) in [6.45, 7) is 3.58. The summed E-state index contributed by atoms with van der Waals surface area (Å²) < 4.78 is 11.6. The maximum atomic E-state index is 12.2. The molecule has 0 aliphatic carbocycles. The molecule has 0 aliphatic rings. The van der Waals surface area contributed by atoms with E-state index in [1.165, 1.54) is 0 Å². The zero-order chi connectivity index (χ0) is 26.1. The van der Waals surface area contributed by atoms with Crippen molar-refractivity contribution in [1.82, 2.24) is 0 Å². The first-order valence-corrected chi connectivity index (χ1v) is 12.4. The number of anilines is 2. The number of nitrogens with one attached hydrogen (secondary N) is 2. The van der Waals surface area contributed by atoms with Gasteiger partial charge in [-0.05, 0) is 86.0 Å². The van der Waals surface area contributed by atoms with Crippen molar-refractivity contribution in [3.63, 3.8) is 0 Å². The van der Waals surface area contributed by atoms with Crippen LogP contribution < -0.4 is 15.4 Å². The molecule has 3 aromatic carbocycles. The minimum absolute atomic E-state index is 0.0163. The Balaban J connectivity index is 1.35. The molecule has 0 radical (unpaired) electrons. The first-order chi connectivity index (χ1) is 17.2. The summed E-state index contributed by atoms with van der Waals surface area (Å²) in [5.41, 5.74) is 3.28. The first kappa shape index (κ1) is 27.2.